The molecule has 0 aliphatic heterocycles. The SMILES string of the molecule is CCn1nc(C)c(Br)c1CC(CBr)Cc1cccc(C)c1. The fraction of sp³-hybridized carbons (Fsp3) is 0.471. The Bertz CT molecular complexity index is 605. The van der Waals surface area contributed by atoms with E-state index in [0.29, 0.717) is 5.92 Å². The third-order valence-electron chi connectivity index (χ3n) is 3.76. The molecule has 114 valence electrons. The van der Waals surface area contributed by atoms with Crippen molar-refractivity contribution in [2.45, 2.75) is 40.2 Å². The third kappa shape index (κ3) is 4.19. The predicted octanol–water partition coefficient (Wildman–Crippen LogP) is 5.08. The maximum atomic E-state index is 4.59. The van der Waals surface area contributed by atoms with Crippen LogP contribution in [0, 0.1) is 19.8 Å². The Balaban J connectivity index is 2.16. The van der Waals surface area contributed by atoms with Crippen molar-refractivity contribution < 1.29 is 0 Å². The summed E-state index contributed by atoms with van der Waals surface area (Å²) in [6.07, 6.45) is 2.13. The minimum absolute atomic E-state index is 0.574. The second-order valence-electron chi connectivity index (χ2n) is 5.58. The molecule has 1 atom stereocenters. The van der Waals surface area contributed by atoms with E-state index in [1.54, 1.807) is 0 Å². The summed E-state index contributed by atoms with van der Waals surface area (Å²) in [6.45, 7) is 7.27. The van der Waals surface area contributed by atoms with E-state index < -0.39 is 0 Å². The van der Waals surface area contributed by atoms with Gasteiger partial charge < -0.3 is 0 Å². The number of rotatable bonds is 6. The summed E-state index contributed by atoms with van der Waals surface area (Å²) in [7, 11) is 0. The van der Waals surface area contributed by atoms with Crippen LogP contribution in [0.5, 0.6) is 0 Å². The average molecular weight is 414 g/mol. The first kappa shape index (κ1) is 16.8. The van der Waals surface area contributed by atoms with Crippen molar-refractivity contribution in [1.29, 1.82) is 0 Å². The van der Waals surface area contributed by atoms with Gasteiger partial charge in [-0.1, -0.05) is 45.8 Å². The molecule has 0 aliphatic rings. The first-order valence-electron chi connectivity index (χ1n) is 7.38. The Morgan fingerprint density at radius 1 is 1.24 bits per heavy atom. The van der Waals surface area contributed by atoms with Crippen LogP contribution >= 0.6 is 31.9 Å². The van der Waals surface area contributed by atoms with E-state index in [1.807, 2.05) is 0 Å². The first-order valence-corrected chi connectivity index (χ1v) is 9.29. The molecule has 1 heterocycles. The third-order valence-corrected chi connectivity index (χ3v) is 5.71. The molecular formula is C17H22Br2N2. The number of hydrogen-bond donors (Lipinski definition) is 0. The van der Waals surface area contributed by atoms with E-state index in [1.165, 1.54) is 21.3 Å². The number of aromatic nitrogens is 2. The summed E-state index contributed by atoms with van der Waals surface area (Å²) in [5.74, 6) is 0.574. The van der Waals surface area contributed by atoms with Crippen LogP contribution in [0.4, 0.5) is 0 Å². The lowest BCUT2D eigenvalue weighted by atomic mass is 9.95. The number of hydrogen-bond acceptors (Lipinski definition) is 1. The highest BCUT2D eigenvalue weighted by Crippen LogP contribution is 2.26. The molecule has 1 aromatic heterocycles. The smallest absolute Gasteiger partial charge is 0.0738 e. The minimum atomic E-state index is 0.574. The van der Waals surface area contributed by atoms with Crippen molar-refractivity contribution in [3.8, 4) is 0 Å². The van der Waals surface area contributed by atoms with E-state index in [0.717, 1.165) is 30.4 Å². The highest BCUT2D eigenvalue weighted by atomic mass is 79.9. The monoisotopic (exact) mass is 412 g/mol. The van der Waals surface area contributed by atoms with Crippen molar-refractivity contribution >= 4 is 31.9 Å². The normalized spacial score (nSPS) is 12.6. The highest BCUT2D eigenvalue weighted by Gasteiger charge is 2.17. The van der Waals surface area contributed by atoms with Crippen molar-refractivity contribution in [3.63, 3.8) is 0 Å². The van der Waals surface area contributed by atoms with Gasteiger partial charge in [0.1, 0.15) is 0 Å². The largest absolute Gasteiger partial charge is 0.268 e. The zero-order chi connectivity index (χ0) is 15.4. The van der Waals surface area contributed by atoms with Gasteiger partial charge in [0.05, 0.1) is 15.9 Å². The summed E-state index contributed by atoms with van der Waals surface area (Å²) in [6, 6.07) is 8.80. The summed E-state index contributed by atoms with van der Waals surface area (Å²) in [4.78, 5) is 0. The second kappa shape index (κ2) is 7.59. The van der Waals surface area contributed by atoms with Gasteiger partial charge in [0.2, 0.25) is 0 Å². The zero-order valence-electron chi connectivity index (χ0n) is 12.9. The molecule has 2 aromatic rings. The van der Waals surface area contributed by atoms with Crippen LogP contribution in [-0.2, 0) is 19.4 Å². The lowest BCUT2D eigenvalue weighted by molar-refractivity contribution is 0.534. The second-order valence-corrected chi connectivity index (χ2v) is 7.02. The van der Waals surface area contributed by atoms with Gasteiger partial charge in [-0.2, -0.15) is 5.10 Å². The van der Waals surface area contributed by atoms with Crippen molar-refractivity contribution in [2.24, 2.45) is 5.92 Å². The van der Waals surface area contributed by atoms with Crippen molar-refractivity contribution in [3.05, 3.63) is 51.3 Å². The molecule has 0 spiro atoms. The molecule has 0 saturated heterocycles. The summed E-state index contributed by atoms with van der Waals surface area (Å²) in [5.41, 5.74) is 5.13. The topological polar surface area (TPSA) is 17.8 Å². The fourth-order valence-electron chi connectivity index (χ4n) is 2.69. The molecule has 2 rings (SSSR count). The van der Waals surface area contributed by atoms with Gasteiger partial charge in [-0.3, -0.25) is 4.68 Å². The number of halogens is 2. The van der Waals surface area contributed by atoms with Crippen LogP contribution in [0.1, 0.15) is 29.4 Å². The van der Waals surface area contributed by atoms with E-state index >= 15 is 0 Å². The van der Waals surface area contributed by atoms with Gasteiger partial charge in [-0.05, 0) is 61.0 Å². The van der Waals surface area contributed by atoms with E-state index in [2.05, 4.69) is 86.7 Å². The first-order chi connectivity index (χ1) is 10.0. The number of aryl methyl sites for hydroxylation is 3. The summed E-state index contributed by atoms with van der Waals surface area (Å²) < 4.78 is 3.28. The Morgan fingerprint density at radius 2 is 2.00 bits per heavy atom. The van der Waals surface area contributed by atoms with Crippen molar-refractivity contribution in [2.75, 3.05) is 5.33 Å². The molecular weight excluding hydrogens is 392 g/mol. The van der Waals surface area contributed by atoms with Crippen LogP contribution in [0.25, 0.3) is 0 Å². The highest BCUT2D eigenvalue weighted by molar-refractivity contribution is 9.10. The van der Waals surface area contributed by atoms with Gasteiger partial charge in [0.25, 0.3) is 0 Å². The van der Waals surface area contributed by atoms with Gasteiger partial charge in [0, 0.05) is 11.9 Å². The van der Waals surface area contributed by atoms with Crippen LogP contribution < -0.4 is 0 Å². The standard InChI is InChI=1S/C17H22Br2N2/c1-4-21-16(17(19)13(3)20-21)10-15(11-18)9-14-7-5-6-12(2)8-14/h5-8,15H,4,9-11H2,1-3H3. The summed E-state index contributed by atoms with van der Waals surface area (Å²) in [5, 5.41) is 5.59. The van der Waals surface area contributed by atoms with Gasteiger partial charge in [-0.25, -0.2) is 0 Å². The molecule has 21 heavy (non-hydrogen) atoms. The minimum Gasteiger partial charge on any atom is -0.268 e. The number of benzene rings is 1. The molecule has 0 saturated carbocycles. The van der Waals surface area contributed by atoms with Crippen LogP contribution in [0.15, 0.2) is 28.7 Å². The number of nitrogens with zero attached hydrogens (tertiary/aromatic N) is 2. The molecule has 0 radical (unpaired) electrons. The lowest BCUT2D eigenvalue weighted by Gasteiger charge is -2.16. The molecule has 0 bridgehead atoms. The Morgan fingerprint density at radius 3 is 2.62 bits per heavy atom. The molecule has 0 N–H and O–H groups in total. The van der Waals surface area contributed by atoms with Crippen LogP contribution in [0.3, 0.4) is 0 Å². The molecule has 4 heteroatoms. The molecule has 1 aromatic carbocycles. The lowest BCUT2D eigenvalue weighted by Crippen LogP contribution is -2.14. The Hall–Kier alpha value is -0.610. The maximum Gasteiger partial charge on any atom is 0.0738 e. The quantitative estimate of drug-likeness (QED) is 0.603. The Labute approximate surface area is 144 Å². The molecule has 0 amide bonds. The molecule has 0 fully saturated rings. The van der Waals surface area contributed by atoms with E-state index in [-0.39, 0.29) is 0 Å². The number of alkyl halides is 1. The van der Waals surface area contributed by atoms with E-state index in [9.17, 15) is 0 Å². The van der Waals surface area contributed by atoms with Gasteiger partial charge >= 0.3 is 0 Å². The van der Waals surface area contributed by atoms with Crippen LogP contribution in [0.2, 0.25) is 0 Å². The average Bonchev–Trinajstić information content (AvgIpc) is 2.74. The summed E-state index contributed by atoms with van der Waals surface area (Å²) >= 11 is 7.38. The molecule has 1 unspecified atom stereocenters. The van der Waals surface area contributed by atoms with Gasteiger partial charge in [-0.15, -0.1) is 0 Å². The maximum absolute atomic E-state index is 4.59. The predicted molar refractivity (Wildman–Crippen MR) is 96.2 cm³/mol. The van der Waals surface area contributed by atoms with Crippen LogP contribution in [-0.4, -0.2) is 15.1 Å². The molecule has 0 aliphatic carbocycles. The van der Waals surface area contributed by atoms with E-state index in [4.69, 9.17) is 0 Å². The Kier molecular flexibility index (Phi) is 6.06. The zero-order valence-corrected chi connectivity index (χ0v) is 16.0. The fourth-order valence-corrected chi connectivity index (χ4v) is 3.59. The van der Waals surface area contributed by atoms with Gasteiger partial charge in [0.15, 0.2) is 0 Å². The molecule has 2 nitrogen and oxygen atoms in total. The van der Waals surface area contributed by atoms with Crippen molar-refractivity contribution in [1.82, 2.24) is 9.78 Å².